The van der Waals surface area contributed by atoms with Crippen molar-refractivity contribution >= 4 is 37.3 Å². The minimum Gasteiger partial charge on any atom is -0.326 e. The molecular weight excluding hydrogens is 369 g/mol. The Bertz CT molecular complexity index is 542. The summed E-state index contributed by atoms with van der Waals surface area (Å²) in [5.41, 5.74) is 5.39. The van der Waals surface area contributed by atoms with E-state index < -0.39 is 22.7 Å². The first kappa shape index (κ1) is 16.9. The van der Waals surface area contributed by atoms with E-state index >= 15 is 0 Å². The van der Waals surface area contributed by atoms with Crippen molar-refractivity contribution in [1.29, 1.82) is 0 Å². The summed E-state index contributed by atoms with van der Waals surface area (Å²) in [6.07, 6.45) is -4.58. The molecule has 1 rings (SSSR count). The molecule has 2 N–H and O–H groups in total. The summed E-state index contributed by atoms with van der Waals surface area (Å²) in [4.78, 5) is 0.401. The highest BCUT2D eigenvalue weighted by molar-refractivity contribution is 9.11. The van der Waals surface area contributed by atoms with E-state index in [-0.39, 0.29) is 21.8 Å². The zero-order chi connectivity index (χ0) is 14.8. The number of halogens is 4. The predicted octanol–water partition coefficient (Wildman–Crippen LogP) is 2.54. The molecule has 0 saturated heterocycles. The van der Waals surface area contributed by atoms with E-state index in [2.05, 4.69) is 15.9 Å². The highest BCUT2D eigenvalue weighted by Gasteiger charge is 2.37. The first-order chi connectivity index (χ1) is 8.61. The van der Waals surface area contributed by atoms with Gasteiger partial charge in [0, 0.05) is 18.0 Å². The minimum absolute atomic E-state index is 0.129. The van der Waals surface area contributed by atoms with Crippen LogP contribution in [0.25, 0.3) is 0 Å². The second kappa shape index (κ2) is 6.08. The number of thiophene rings is 1. The summed E-state index contributed by atoms with van der Waals surface area (Å²) in [7, 11) is -4.18. The Hall–Kier alpha value is -0.160. The van der Waals surface area contributed by atoms with E-state index in [1.807, 2.05) is 0 Å². The van der Waals surface area contributed by atoms with Crippen LogP contribution in [0.5, 0.6) is 0 Å². The van der Waals surface area contributed by atoms with Crippen LogP contribution >= 0.6 is 27.3 Å². The summed E-state index contributed by atoms with van der Waals surface area (Å²) < 4.78 is 62.1. The van der Waals surface area contributed by atoms with Gasteiger partial charge < -0.3 is 5.73 Å². The smallest absolute Gasteiger partial charge is 0.326 e. The predicted molar refractivity (Wildman–Crippen MR) is 70.4 cm³/mol. The lowest BCUT2D eigenvalue weighted by atomic mass is 10.5. The van der Waals surface area contributed by atoms with E-state index in [9.17, 15) is 21.6 Å². The molecule has 0 aliphatic heterocycles. The molecule has 19 heavy (non-hydrogen) atoms. The zero-order valence-corrected chi connectivity index (χ0v) is 13.1. The van der Waals surface area contributed by atoms with Gasteiger partial charge in [-0.25, -0.2) is 8.42 Å². The van der Waals surface area contributed by atoms with Crippen LogP contribution < -0.4 is 5.73 Å². The van der Waals surface area contributed by atoms with Gasteiger partial charge in [-0.3, -0.25) is 0 Å². The van der Waals surface area contributed by atoms with Gasteiger partial charge in [0.15, 0.2) is 0 Å². The second-order valence-electron chi connectivity index (χ2n) is 3.60. The van der Waals surface area contributed by atoms with Gasteiger partial charge in [-0.2, -0.15) is 17.5 Å². The lowest BCUT2D eigenvalue weighted by molar-refractivity contribution is -0.135. The monoisotopic (exact) mass is 380 g/mol. The first-order valence-electron chi connectivity index (χ1n) is 5.17. The molecule has 0 unspecified atom stereocenters. The third-order valence-electron chi connectivity index (χ3n) is 2.23. The summed E-state index contributed by atoms with van der Waals surface area (Å²) >= 11 is 4.14. The lowest BCUT2D eigenvalue weighted by Gasteiger charge is -2.21. The Morgan fingerprint density at radius 1 is 1.47 bits per heavy atom. The molecule has 0 aliphatic carbocycles. The molecule has 0 saturated carbocycles. The van der Waals surface area contributed by atoms with Gasteiger partial charge in [-0.05, 0) is 22.0 Å². The van der Waals surface area contributed by atoms with E-state index in [4.69, 9.17) is 5.73 Å². The molecule has 0 radical (unpaired) electrons. The van der Waals surface area contributed by atoms with Crippen LogP contribution in [0.1, 0.15) is 11.8 Å². The fraction of sp³-hybridized carbons (Fsp3) is 0.556. The molecule has 0 amide bonds. The van der Waals surface area contributed by atoms with Crippen LogP contribution in [0.4, 0.5) is 13.2 Å². The average Bonchev–Trinajstić information content (AvgIpc) is 2.66. The van der Waals surface area contributed by atoms with Crippen molar-refractivity contribution in [3.05, 3.63) is 14.7 Å². The van der Waals surface area contributed by atoms with Crippen molar-refractivity contribution in [2.75, 3.05) is 13.1 Å². The van der Waals surface area contributed by atoms with Crippen molar-refractivity contribution in [1.82, 2.24) is 4.31 Å². The van der Waals surface area contributed by atoms with Gasteiger partial charge in [0.1, 0.15) is 11.4 Å². The van der Waals surface area contributed by atoms with Crippen LogP contribution in [0.15, 0.2) is 14.7 Å². The summed E-state index contributed by atoms with van der Waals surface area (Å²) in [6, 6.07) is 1.29. The molecule has 0 fully saturated rings. The summed E-state index contributed by atoms with van der Waals surface area (Å²) in [6.45, 7) is -0.286. The van der Waals surface area contributed by atoms with Crippen LogP contribution in [-0.2, 0) is 16.6 Å². The van der Waals surface area contributed by atoms with Crippen LogP contribution in [-0.4, -0.2) is 32.0 Å². The van der Waals surface area contributed by atoms with Crippen molar-refractivity contribution in [3.63, 3.8) is 0 Å². The Balaban J connectivity index is 3.17. The Morgan fingerprint density at radius 2 is 2.05 bits per heavy atom. The Kier molecular flexibility index (Phi) is 5.41. The summed E-state index contributed by atoms with van der Waals surface area (Å²) in [5, 5.41) is 0. The van der Waals surface area contributed by atoms with E-state index in [1.165, 1.54) is 13.0 Å². The third kappa shape index (κ3) is 4.15. The average molecular weight is 381 g/mol. The zero-order valence-electron chi connectivity index (χ0n) is 9.87. The van der Waals surface area contributed by atoms with Gasteiger partial charge in [0.2, 0.25) is 10.0 Å². The fourth-order valence-corrected chi connectivity index (χ4v) is 5.33. The standard InChI is InChI=1S/C9H12BrF3N2O2S2/c1-2-15(5-9(11,12)13)19(16,17)7-3-6(4-14)18-8(7)10/h3H,2,4-5,14H2,1H3. The normalized spacial score (nSPS) is 13.2. The number of hydrogen-bond donors (Lipinski definition) is 1. The largest absolute Gasteiger partial charge is 0.402 e. The SMILES string of the molecule is CCN(CC(F)(F)F)S(=O)(=O)c1cc(CN)sc1Br. The Labute approximate surface area is 121 Å². The molecular formula is C9H12BrF3N2O2S2. The topological polar surface area (TPSA) is 63.4 Å². The highest BCUT2D eigenvalue weighted by Crippen LogP contribution is 2.34. The van der Waals surface area contributed by atoms with Gasteiger partial charge >= 0.3 is 6.18 Å². The molecule has 110 valence electrons. The quantitative estimate of drug-likeness (QED) is 0.853. The fourth-order valence-electron chi connectivity index (χ4n) is 1.38. The number of sulfonamides is 1. The molecule has 0 spiro atoms. The van der Waals surface area contributed by atoms with Crippen molar-refractivity contribution in [2.45, 2.75) is 24.5 Å². The first-order valence-corrected chi connectivity index (χ1v) is 8.22. The van der Waals surface area contributed by atoms with E-state index in [0.717, 1.165) is 11.3 Å². The maximum atomic E-state index is 12.4. The highest BCUT2D eigenvalue weighted by atomic mass is 79.9. The van der Waals surface area contributed by atoms with Gasteiger partial charge in [0.25, 0.3) is 0 Å². The van der Waals surface area contributed by atoms with Crippen molar-refractivity contribution < 1.29 is 21.6 Å². The molecule has 0 bridgehead atoms. The minimum atomic E-state index is -4.58. The number of nitrogens with zero attached hydrogens (tertiary/aromatic N) is 1. The number of rotatable bonds is 5. The lowest BCUT2D eigenvalue weighted by Crippen LogP contribution is -2.38. The van der Waals surface area contributed by atoms with Crippen molar-refractivity contribution in [3.8, 4) is 0 Å². The number of hydrogen-bond acceptors (Lipinski definition) is 4. The van der Waals surface area contributed by atoms with Gasteiger partial charge in [-0.15, -0.1) is 11.3 Å². The molecule has 0 aliphatic rings. The molecule has 1 aromatic rings. The molecule has 4 nitrogen and oxygen atoms in total. The van der Waals surface area contributed by atoms with Crippen LogP contribution in [0.3, 0.4) is 0 Å². The Morgan fingerprint density at radius 3 is 2.42 bits per heavy atom. The maximum absolute atomic E-state index is 12.4. The van der Waals surface area contributed by atoms with E-state index in [1.54, 1.807) is 0 Å². The third-order valence-corrected chi connectivity index (χ3v) is 6.43. The molecule has 0 atom stereocenters. The maximum Gasteiger partial charge on any atom is 0.402 e. The van der Waals surface area contributed by atoms with Crippen molar-refractivity contribution in [2.24, 2.45) is 5.73 Å². The number of nitrogens with two attached hydrogens (primary N) is 1. The molecule has 1 heterocycles. The molecule has 1 aromatic heterocycles. The van der Waals surface area contributed by atoms with E-state index in [0.29, 0.717) is 9.18 Å². The van der Waals surface area contributed by atoms with Crippen LogP contribution in [0.2, 0.25) is 0 Å². The number of alkyl halides is 3. The molecule has 10 heteroatoms. The molecule has 0 aromatic carbocycles. The summed E-state index contributed by atoms with van der Waals surface area (Å²) in [5.74, 6) is 0. The second-order valence-corrected chi connectivity index (χ2v) is 7.96. The van der Waals surface area contributed by atoms with Crippen LogP contribution in [0, 0.1) is 0 Å². The van der Waals surface area contributed by atoms with Gasteiger partial charge in [-0.1, -0.05) is 6.92 Å². The van der Waals surface area contributed by atoms with Gasteiger partial charge in [0.05, 0.1) is 3.79 Å².